The smallest absolute Gasteiger partial charge is 0.330 e. The van der Waals surface area contributed by atoms with Crippen LogP contribution in [0.15, 0.2) is 24.3 Å². The average Bonchev–Trinajstić information content (AvgIpc) is 2.39. The first-order chi connectivity index (χ1) is 8.54. The summed E-state index contributed by atoms with van der Waals surface area (Å²) in [4.78, 5) is 20.8. The third-order valence-corrected chi connectivity index (χ3v) is 1.86. The molecule has 0 fully saturated rings. The van der Waals surface area contributed by atoms with Crippen molar-refractivity contribution in [3.8, 4) is 12.8 Å². The normalized spacial score (nSPS) is 9.28. The van der Waals surface area contributed by atoms with Crippen molar-refractivity contribution < 1.29 is 14.5 Å². The van der Waals surface area contributed by atoms with E-state index in [1.165, 1.54) is 31.4 Å². The maximum atomic E-state index is 10.8. The third kappa shape index (κ3) is 4.37. The predicted octanol–water partition coefficient (Wildman–Crippen LogP) is 1.61. The van der Waals surface area contributed by atoms with E-state index in [1.807, 2.05) is 0 Å². The molecule has 18 heavy (non-hydrogen) atoms. The van der Waals surface area contributed by atoms with Crippen molar-refractivity contribution in [1.82, 2.24) is 0 Å². The van der Waals surface area contributed by atoms with E-state index >= 15 is 0 Å². The van der Waals surface area contributed by atoms with Crippen LogP contribution in [-0.4, -0.2) is 18.0 Å². The summed E-state index contributed by atoms with van der Waals surface area (Å²) in [6, 6.07) is 4.27. The van der Waals surface area contributed by atoms with Gasteiger partial charge in [-0.15, -0.1) is 12.8 Å². The Morgan fingerprint density at radius 3 is 2.61 bits per heavy atom. The summed E-state index contributed by atoms with van der Waals surface area (Å²) in [7, 11) is 1.25. The van der Waals surface area contributed by atoms with Crippen molar-refractivity contribution in [3.63, 3.8) is 0 Å². The highest BCUT2D eigenvalue weighted by Crippen LogP contribution is 2.22. The first kappa shape index (κ1) is 15.2. The molecule has 0 saturated heterocycles. The summed E-state index contributed by atoms with van der Waals surface area (Å²) in [5.41, 5.74) is 5.82. The summed E-state index contributed by atoms with van der Waals surface area (Å²) >= 11 is 0. The lowest BCUT2D eigenvalue weighted by Gasteiger charge is -1.98. The number of rotatable bonds is 3. The second-order valence-electron chi connectivity index (χ2n) is 2.93. The number of nitrogen functional groups attached to an aromatic ring is 1. The largest absolute Gasteiger partial charge is 0.466 e. The highest BCUT2D eigenvalue weighted by molar-refractivity contribution is 5.87. The SMILES string of the molecule is C#C.COC(=O)/C=C/c1ccc(N)c([N+](=O)[O-])c1. The summed E-state index contributed by atoms with van der Waals surface area (Å²) in [5, 5.41) is 10.6. The Kier molecular flexibility index (Phi) is 6.30. The minimum Gasteiger partial charge on any atom is -0.466 e. The Balaban J connectivity index is 0.00000137. The van der Waals surface area contributed by atoms with Crippen molar-refractivity contribution in [2.24, 2.45) is 0 Å². The molecular weight excluding hydrogens is 236 g/mol. The van der Waals surface area contributed by atoms with Gasteiger partial charge in [-0.3, -0.25) is 10.1 Å². The van der Waals surface area contributed by atoms with Crippen LogP contribution in [0.4, 0.5) is 11.4 Å². The van der Waals surface area contributed by atoms with Gasteiger partial charge in [0.2, 0.25) is 0 Å². The summed E-state index contributed by atoms with van der Waals surface area (Å²) < 4.78 is 4.39. The van der Waals surface area contributed by atoms with Crippen LogP contribution in [-0.2, 0) is 9.53 Å². The van der Waals surface area contributed by atoms with Crippen LogP contribution in [0.3, 0.4) is 0 Å². The Hall–Kier alpha value is -2.81. The molecular formula is C12H12N2O4. The molecule has 0 amide bonds. The van der Waals surface area contributed by atoms with Gasteiger partial charge in [0.15, 0.2) is 0 Å². The Bertz CT molecular complexity index is 492. The zero-order valence-corrected chi connectivity index (χ0v) is 9.70. The van der Waals surface area contributed by atoms with E-state index in [0.29, 0.717) is 5.56 Å². The molecule has 2 N–H and O–H groups in total. The number of nitro groups is 1. The van der Waals surface area contributed by atoms with Gasteiger partial charge < -0.3 is 10.5 Å². The van der Waals surface area contributed by atoms with Crippen molar-refractivity contribution in [1.29, 1.82) is 0 Å². The number of hydrogen-bond donors (Lipinski definition) is 1. The van der Waals surface area contributed by atoms with Crippen LogP contribution in [0.2, 0.25) is 0 Å². The summed E-state index contributed by atoms with van der Waals surface area (Å²) in [6.45, 7) is 0. The molecule has 0 atom stereocenters. The number of nitrogens with two attached hydrogens (primary N) is 1. The maximum absolute atomic E-state index is 10.8. The summed E-state index contributed by atoms with van der Waals surface area (Å²) in [6.07, 6.45) is 10.6. The second-order valence-corrected chi connectivity index (χ2v) is 2.93. The molecule has 6 heteroatoms. The highest BCUT2D eigenvalue weighted by Gasteiger charge is 2.10. The zero-order valence-electron chi connectivity index (χ0n) is 9.70. The number of hydrogen-bond acceptors (Lipinski definition) is 5. The molecule has 0 saturated carbocycles. The van der Waals surface area contributed by atoms with Gasteiger partial charge in [-0.1, -0.05) is 6.07 Å². The van der Waals surface area contributed by atoms with Crippen LogP contribution in [0.5, 0.6) is 0 Å². The van der Waals surface area contributed by atoms with Gasteiger partial charge in [-0.2, -0.15) is 0 Å². The van der Waals surface area contributed by atoms with E-state index < -0.39 is 10.9 Å². The maximum Gasteiger partial charge on any atom is 0.330 e. The number of methoxy groups -OCH3 is 1. The Morgan fingerprint density at radius 1 is 1.50 bits per heavy atom. The molecule has 0 heterocycles. The number of esters is 1. The number of carbonyl (C=O) groups excluding carboxylic acids is 1. The molecule has 0 bridgehead atoms. The minimum atomic E-state index is -0.579. The van der Waals surface area contributed by atoms with Gasteiger partial charge in [0.25, 0.3) is 5.69 Å². The van der Waals surface area contributed by atoms with Gasteiger partial charge in [0.05, 0.1) is 12.0 Å². The molecule has 6 nitrogen and oxygen atoms in total. The fraction of sp³-hybridized carbons (Fsp3) is 0.0833. The van der Waals surface area contributed by atoms with Crippen molar-refractivity contribution in [2.45, 2.75) is 0 Å². The van der Waals surface area contributed by atoms with Gasteiger partial charge >= 0.3 is 5.97 Å². The fourth-order valence-electron chi connectivity index (χ4n) is 1.05. The molecule has 0 aliphatic rings. The first-order valence-electron chi connectivity index (χ1n) is 4.68. The van der Waals surface area contributed by atoms with Gasteiger partial charge in [0.1, 0.15) is 5.69 Å². The molecule has 0 unspecified atom stereocenters. The lowest BCUT2D eigenvalue weighted by atomic mass is 10.1. The molecule has 0 spiro atoms. The molecule has 94 valence electrons. The number of nitrogens with zero attached hydrogens (tertiary/aromatic N) is 1. The lowest BCUT2D eigenvalue weighted by Crippen LogP contribution is -1.96. The second kappa shape index (κ2) is 7.46. The van der Waals surface area contributed by atoms with Crippen LogP contribution in [0.1, 0.15) is 5.56 Å². The van der Waals surface area contributed by atoms with Crippen molar-refractivity contribution >= 4 is 23.4 Å². The van der Waals surface area contributed by atoms with Gasteiger partial charge in [-0.25, -0.2) is 4.79 Å². The lowest BCUT2D eigenvalue weighted by molar-refractivity contribution is -0.383. The van der Waals surface area contributed by atoms with Crippen LogP contribution >= 0.6 is 0 Å². The van der Waals surface area contributed by atoms with Crippen LogP contribution in [0.25, 0.3) is 6.08 Å². The molecule has 1 aromatic carbocycles. The monoisotopic (exact) mass is 248 g/mol. The highest BCUT2D eigenvalue weighted by atomic mass is 16.6. The van der Waals surface area contributed by atoms with E-state index in [1.54, 1.807) is 6.07 Å². The van der Waals surface area contributed by atoms with E-state index in [2.05, 4.69) is 17.6 Å². The fourth-order valence-corrected chi connectivity index (χ4v) is 1.05. The van der Waals surface area contributed by atoms with E-state index in [0.717, 1.165) is 0 Å². The van der Waals surface area contributed by atoms with E-state index in [4.69, 9.17) is 5.73 Å². The molecule has 0 aliphatic heterocycles. The third-order valence-electron chi connectivity index (χ3n) is 1.86. The number of nitro benzene ring substituents is 1. The summed E-state index contributed by atoms with van der Waals surface area (Å²) in [5.74, 6) is -0.528. The van der Waals surface area contributed by atoms with Gasteiger partial charge in [0, 0.05) is 12.1 Å². The Labute approximate surface area is 104 Å². The quantitative estimate of drug-likeness (QED) is 0.219. The predicted molar refractivity (Wildman–Crippen MR) is 68.4 cm³/mol. The van der Waals surface area contributed by atoms with E-state index in [-0.39, 0.29) is 11.4 Å². The van der Waals surface area contributed by atoms with Gasteiger partial charge in [-0.05, 0) is 17.7 Å². The number of carbonyl (C=O) groups is 1. The number of ether oxygens (including phenoxy) is 1. The van der Waals surface area contributed by atoms with E-state index in [9.17, 15) is 14.9 Å². The molecule has 0 aromatic heterocycles. The number of benzene rings is 1. The molecule has 1 aromatic rings. The minimum absolute atomic E-state index is 0.0835. The Morgan fingerprint density at radius 2 is 2.11 bits per heavy atom. The average molecular weight is 248 g/mol. The molecule has 0 aliphatic carbocycles. The molecule has 0 radical (unpaired) electrons. The first-order valence-corrected chi connectivity index (χ1v) is 4.68. The van der Waals surface area contributed by atoms with Crippen LogP contribution < -0.4 is 5.73 Å². The van der Waals surface area contributed by atoms with Crippen LogP contribution in [0, 0.1) is 23.0 Å². The topological polar surface area (TPSA) is 95.5 Å². The standard InChI is InChI=1S/C10H10N2O4.C2H2/c1-16-10(13)5-3-7-2-4-8(11)9(6-7)12(14)15;1-2/h2-6H,11H2,1H3;1-2H/b5-3+;. The molecule has 1 rings (SSSR count). The van der Waals surface area contributed by atoms with Crippen molar-refractivity contribution in [2.75, 3.05) is 12.8 Å². The number of terminal acetylenes is 1. The zero-order chi connectivity index (χ0) is 14.1. The van der Waals surface area contributed by atoms with Crippen molar-refractivity contribution in [3.05, 3.63) is 40.0 Å². The number of anilines is 1.